The third-order valence-electron chi connectivity index (χ3n) is 6.93. The van der Waals surface area contributed by atoms with Gasteiger partial charge in [0.15, 0.2) is 0 Å². The number of nitrogens with zero attached hydrogens (tertiary/aromatic N) is 4. The van der Waals surface area contributed by atoms with Crippen LogP contribution in [0.25, 0.3) is 10.8 Å². The number of carbonyl (C=O) groups is 3. The number of rotatable bonds is 6. The quantitative estimate of drug-likeness (QED) is 0.504. The highest BCUT2D eigenvalue weighted by molar-refractivity contribution is 6.11. The molecule has 1 aromatic heterocycles. The molecule has 0 spiro atoms. The second kappa shape index (κ2) is 9.74. The first-order valence-electron chi connectivity index (χ1n) is 11.9. The van der Waals surface area contributed by atoms with Crippen molar-refractivity contribution in [3.63, 3.8) is 0 Å². The number of carbonyl (C=O) groups excluding carboxylic acids is 3. The SMILES string of the molecule is COc1ccc(CN2C(=O)CCN(c3cncc4c(N5CCC(C=O)CC5)cccc34)C2=O)cc1. The van der Waals surface area contributed by atoms with Crippen LogP contribution in [-0.4, -0.2) is 54.9 Å². The van der Waals surface area contributed by atoms with E-state index in [2.05, 4.69) is 16.0 Å². The number of amides is 3. The smallest absolute Gasteiger partial charge is 0.331 e. The molecule has 3 amide bonds. The Labute approximate surface area is 204 Å². The van der Waals surface area contributed by atoms with Gasteiger partial charge in [0, 0.05) is 54.6 Å². The molecule has 8 heteroatoms. The van der Waals surface area contributed by atoms with Gasteiger partial charge in [-0.2, -0.15) is 0 Å². The summed E-state index contributed by atoms with van der Waals surface area (Å²) in [4.78, 5) is 47.1. The third kappa shape index (κ3) is 4.43. The van der Waals surface area contributed by atoms with Gasteiger partial charge in [-0.1, -0.05) is 24.3 Å². The number of piperidine rings is 1. The van der Waals surface area contributed by atoms with Gasteiger partial charge in [-0.25, -0.2) is 4.79 Å². The lowest BCUT2D eigenvalue weighted by molar-refractivity contribution is -0.129. The normalized spacial score (nSPS) is 17.2. The van der Waals surface area contributed by atoms with E-state index in [1.165, 1.54) is 4.90 Å². The Morgan fingerprint density at radius 3 is 2.46 bits per heavy atom. The molecule has 2 aliphatic rings. The molecule has 3 heterocycles. The Kier molecular flexibility index (Phi) is 6.35. The number of fused-ring (bicyclic) bond motifs is 1. The van der Waals surface area contributed by atoms with Crippen molar-refractivity contribution in [1.29, 1.82) is 0 Å². The van der Waals surface area contributed by atoms with Crippen molar-refractivity contribution in [2.24, 2.45) is 5.92 Å². The van der Waals surface area contributed by atoms with Gasteiger partial charge in [-0.05, 0) is 36.6 Å². The van der Waals surface area contributed by atoms with Crippen molar-refractivity contribution >= 4 is 40.4 Å². The molecule has 0 unspecified atom stereocenters. The van der Waals surface area contributed by atoms with Crippen LogP contribution >= 0.6 is 0 Å². The van der Waals surface area contributed by atoms with Crippen LogP contribution in [0.5, 0.6) is 5.75 Å². The largest absolute Gasteiger partial charge is 0.497 e. The molecular formula is C27H28N4O4. The molecular weight excluding hydrogens is 444 g/mol. The van der Waals surface area contributed by atoms with E-state index in [0.717, 1.165) is 60.0 Å². The first kappa shape index (κ1) is 22.8. The van der Waals surface area contributed by atoms with Gasteiger partial charge in [-0.15, -0.1) is 0 Å². The number of hydrogen-bond donors (Lipinski definition) is 0. The maximum Gasteiger partial charge on any atom is 0.331 e. The van der Waals surface area contributed by atoms with Gasteiger partial charge in [0.25, 0.3) is 0 Å². The predicted octanol–water partition coefficient (Wildman–Crippen LogP) is 4.02. The van der Waals surface area contributed by atoms with E-state index in [0.29, 0.717) is 12.2 Å². The van der Waals surface area contributed by atoms with E-state index >= 15 is 0 Å². The van der Waals surface area contributed by atoms with Gasteiger partial charge in [-0.3, -0.25) is 19.6 Å². The van der Waals surface area contributed by atoms with Crippen LogP contribution in [0.2, 0.25) is 0 Å². The number of aromatic nitrogens is 1. The minimum atomic E-state index is -0.344. The molecule has 0 bridgehead atoms. The predicted molar refractivity (Wildman–Crippen MR) is 134 cm³/mol. The minimum Gasteiger partial charge on any atom is -0.497 e. The summed E-state index contributed by atoms with van der Waals surface area (Å²) in [6, 6.07) is 13.1. The summed E-state index contributed by atoms with van der Waals surface area (Å²) in [6.45, 7) is 2.12. The van der Waals surface area contributed by atoms with Gasteiger partial charge in [0.2, 0.25) is 5.91 Å². The summed E-state index contributed by atoms with van der Waals surface area (Å²) in [7, 11) is 1.60. The van der Waals surface area contributed by atoms with Gasteiger partial charge >= 0.3 is 6.03 Å². The van der Waals surface area contributed by atoms with Crippen LogP contribution < -0.4 is 14.5 Å². The highest BCUT2D eigenvalue weighted by Crippen LogP contribution is 2.35. The molecule has 0 N–H and O–H groups in total. The molecule has 2 saturated heterocycles. The fourth-order valence-electron chi connectivity index (χ4n) is 4.91. The summed E-state index contributed by atoms with van der Waals surface area (Å²) in [5.74, 6) is 0.656. The lowest BCUT2D eigenvalue weighted by Crippen LogP contribution is -2.52. The summed E-state index contributed by atoms with van der Waals surface area (Å²) in [5, 5.41) is 1.88. The van der Waals surface area contributed by atoms with Crippen LogP contribution in [0.15, 0.2) is 54.9 Å². The van der Waals surface area contributed by atoms with Gasteiger partial charge < -0.3 is 14.4 Å². The molecule has 0 aliphatic carbocycles. The van der Waals surface area contributed by atoms with Crippen molar-refractivity contribution < 1.29 is 19.1 Å². The number of imide groups is 1. The van der Waals surface area contributed by atoms with Crippen molar-refractivity contribution in [2.75, 3.05) is 36.5 Å². The fraction of sp³-hybridized carbons (Fsp3) is 0.333. The number of pyridine rings is 1. The molecule has 0 saturated carbocycles. The second-order valence-electron chi connectivity index (χ2n) is 9.00. The zero-order valence-corrected chi connectivity index (χ0v) is 19.7. The fourth-order valence-corrected chi connectivity index (χ4v) is 4.91. The maximum atomic E-state index is 13.5. The number of hydrogen-bond acceptors (Lipinski definition) is 6. The monoisotopic (exact) mass is 472 g/mol. The van der Waals surface area contributed by atoms with Gasteiger partial charge in [0.05, 0.1) is 25.5 Å². The standard InChI is InChI=1S/C27H28N4O4/c1-35-21-7-5-19(6-8-21)17-31-26(33)11-14-30(27(31)34)25-16-28-15-23-22(25)3-2-4-24(23)29-12-9-20(18-32)10-13-29/h2-8,15-16,18,20H,9-14,17H2,1H3. The van der Waals surface area contributed by atoms with Crippen molar-refractivity contribution in [3.8, 4) is 5.75 Å². The molecule has 0 atom stereocenters. The summed E-state index contributed by atoms with van der Waals surface area (Å²) < 4.78 is 5.20. The maximum absolute atomic E-state index is 13.5. The zero-order valence-electron chi connectivity index (χ0n) is 19.7. The Morgan fingerprint density at radius 1 is 0.971 bits per heavy atom. The first-order valence-corrected chi connectivity index (χ1v) is 11.9. The number of urea groups is 1. The van der Waals surface area contributed by atoms with E-state index in [1.54, 1.807) is 18.2 Å². The third-order valence-corrected chi connectivity index (χ3v) is 6.93. The number of benzene rings is 2. The number of ether oxygens (including phenoxy) is 1. The van der Waals surface area contributed by atoms with Crippen LogP contribution in [-0.2, 0) is 16.1 Å². The lowest BCUT2D eigenvalue weighted by atomic mass is 9.97. The van der Waals surface area contributed by atoms with E-state index < -0.39 is 0 Å². The van der Waals surface area contributed by atoms with E-state index in [1.807, 2.05) is 42.6 Å². The zero-order chi connectivity index (χ0) is 24.4. The van der Waals surface area contributed by atoms with E-state index in [9.17, 15) is 14.4 Å². The molecule has 8 nitrogen and oxygen atoms in total. The van der Waals surface area contributed by atoms with Crippen LogP contribution in [0, 0.1) is 5.92 Å². The van der Waals surface area contributed by atoms with E-state index in [4.69, 9.17) is 4.74 Å². The van der Waals surface area contributed by atoms with Gasteiger partial charge in [0.1, 0.15) is 12.0 Å². The topological polar surface area (TPSA) is 83.1 Å². The van der Waals surface area contributed by atoms with Crippen LogP contribution in [0.4, 0.5) is 16.2 Å². The van der Waals surface area contributed by atoms with E-state index in [-0.39, 0.29) is 30.8 Å². The highest BCUT2D eigenvalue weighted by Gasteiger charge is 2.34. The molecule has 5 rings (SSSR count). The number of methoxy groups -OCH3 is 1. The number of anilines is 2. The molecule has 180 valence electrons. The molecule has 0 radical (unpaired) electrons. The van der Waals surface area contributed by atoms with Crippen LogP contribution in [0.3, 0.4) is 0 Å². The molecule has 2 aliphatic heterocycles. The summed E-state index contributed by atoms with van der Waals surface area (Å²) in [5.41, 5.74) is 2.60. The average Bonchev–Trinajstić information content (AvgIpc) is 2.91. The Morgan fingerprint density at radius 2 is 1.74 bits per heavy atom. The van der Waals surface area contributed by atoms with Crippen molar-refractivity contribution in [3.05, 3.63) is 60.4 Å². The van der Waals surface area contributed by atoms with Crippen molar-refractivity contribution in [2.45, 2.75) is 25.8 Å². The molecule has 3 aromatic rings. The Hall–Kier alpha value is -3.94. The highest BCUT2D eigenvalue weighted by atomic mass is 16.5. The second-order valence-corrected chi connectivity index (χ2v) is 9.00. The van der Waals surface area contributed by atoms with Crippen LogP contribution in [0.1, 0.15) is 24.8 Å². The Bertz CT molecular complexity index is 1250. The van der Waals surface area contributed by atoms with Crippen molar-refractivity contribution in [1.82, 2.24) is 9.88 Å². The average molecular weight is 473 g/mol. The first-order chi connectivity index (χ1) is 17.1. The summed E-state index contributed by atoms with van der Waals surface area (Å²) >= 11 is 0. The summed E-state index contributed by atoms with van der Waals surface area (Å²) in [6.07, 6.45) is 6.50. The molecule has 35 heavy (non-hydrogen) atoms. The molecule has 2 fully saturated rings. The number of aldehydes is 1. The molecule has 2 aromatic carbocycles. The minimum absolute atomic E-state index is 0.120. The lowest BCUT2D eigenvalue weighted by Gasteiger charge is -2.35. The Balaban J connectivity index is 1.43.